The zero-order chi connectivity index (χ0) is 22.8. The molecule has 31 heavy (non-hydrogen) atoms. The van der Waals surface area contributed by atoms with Crippen LogP contribution in [-0.4, -0.2) is 37.5 Å². The minimum absolute atomic E-state index is 0.0892. The molecule has 166 valence electrons. The minimum atomic E-state index is -3.97. The Hall–Kier alpha value is -2.78. The molecular weight excluding hydrogens is 423 g/mol. The number of ketones is 1. The quantitative estimate of drug-likeness (QED) is 0.660. The van der Waals surface area contributed by atoms with Gasteiger partial charge in [0, 0.05) is 17.7 Å². The summed E-state index contributed by atoms with van der Waals surface area (Å²) < 4.78 is 48.7. The summed E-state index contributed by atoms with van der Waals surface area (Å²) in [7, 11) is -3.97. The van der Waals surface area contributed by atoms with Gasteiger partial charge in [0.05, 0.1) is 6.04 Å². The number of rotatable bonds is 6. The maximum Gasteiger partial charge on any atom is 0.299 e. The first-order chi connectivity index (χ1) is 14.5. The molecule has 2 aromatic carbocycles. The van der Waals surface area contributed by atoms with E-state index in [1.165, 1.54) is 25.1 Å². The fourth-order valence-corrected chi connectivity index (χ4v) is 5.47. The second kappa shape index (κ2) is 8.76. The summed E-state index contributed by atoms with van der Waals surface area (Å²) in [6, 6.07) is 11.2. The third-order valence-electron chi connectivity index (χ3n) is 5.09. The average molecular weight is 449 g/mol. The number of benzene rings is 2. The summed E-state index contributed by atoms with van der Waals surface area (Å²) in [5, 5.41) is 8.32. The summed E-state index contributed by atoms with van der Waals surface area (Å²) in [4.78, 5) is 15.8. The van der Waals surface area contributed by atoms with Crippen LogP contribution in [0.25, 0.3) is 0 Å². The lowest BCUT2D eigenvalue weighted by atomic mass is 9.96. The van der Waals surface area contributed by atoms with Gasteiger partial charge in [-0.3, -0.25) is 4.79 Å². The highest BCUT2D eigenvalue weighted by molar-refractivity contribution is 7.90. The maximum atomic E-state index is 14.2. The molecule has 2 aromatic rings. The Morgan fingerprint density at radius 3 is 2.42 bits per heavy atom. The number of hydrogen-bond donors (Lipinski definition) is 2. The van der Waals surface area contributed by atoms with Gasteiger partial charge in [0.1, 0.15) is 16.7 Å². The number of carbonyl (C=O) groups is 1. The fraction of sp³-hybridized carbons (Fsp3) is 0.364. The Bertz CT molecular complexity index is 1100. The van der Waals surface area contributed by atoms with Crippen LogP contribution >= 0.6 is 0 Å². The van der Waals surface area contributed by atoms with E-state index < -0.39 is 32.7 Å². The number of Topliss-reactive ketones (excluding diaryl/α,β-unsaturated/α-hetero) is 1. The Morgan fingerprint density at radius 2 is 1.87 bits per heavy atom. The van der Waals surface area contributed by atoms with Crippen molar-refractivity contribution < 1.29 is 27.4 Å². The maximum absolute atomic E-state index is 14.2. The predicted octanol–water partition coefficient (Wildman–Crippen LogP) is 3.28. The van der Waals surface area contributed by atoms with E-state index in [0.29, 0.717) is 11.1 Å². The smallest absolute Gasteiger partial charge is 0.299 e. The van der Waals surface area contributed by atoms with E-state index >= 15 is 0 Å². The van der Waals surface area contributed by atoms with Gasteiger partial charge in [-0.1, -0.05) is 42.5 Å². The fourth-order valence-electron chi connectivity index (χ4n) is 3.70. The minimum Gasteiger partial charge on any atom is -0.457 e. The van der Waals surface area contributed by atoms with Crippen LogP contribution in [0, 0.1) is 5.82 Å². The molecule has 9 heteroatoms. The molecule has 0 spiro atoms. The molecule has 1 aliphatic rings. The molecule has 2 N–H and O–H groups in total. The van der Waals surface area contributed by atoms with Crippen molar-refractivity contribution in [2.24, 2.45) is 4.99 Å². The molecule has 0 aromatic heterocycles. The molecule has 0 bridgehead atoms. The number of amidine groups is 1. The second-order valence-corrected chi connectivity index (χ2v) is 9.66. The summed E-state index contributed by atoms with van der Waals surface area (Å²) in [5.74, 6) is -0.629. The Labute approximate surface area is 181 Å². The van der Waals surface area contributed by atoms with Crippen LogP contribution in [0.15, 0.2) is 53.5 Å². The Kier molecular flexibility index (Phi) is 6.47. The van der Waals surface area contributed by atoms with Crippen molar-refractivity contribution in [3.63, 3.8) is 0 Å². The van der Waals surface area contributed by atoms with Crippen molar-refractivity contribution in [1.29, 1.82) is 0 Å². The number of carbonyl (C=O) groups excluding carboxylic acids is 1. The molecule has 2 atom stereocenters. The molecule has 1 fully saturated rings. The third-order valence-corrected chi connectivity index (χ3v) is 7.01. The van der Waals surface area contributed by atoms with E-state index in [0.717, 1.165) is 0 Å². The Balaban J connectivity index is 1.96. The van der Waals surface area contributed by atoms with Crippen molar-refractivity contribution in [2.45, 2.75) is 44.1 Å². The van der Waals surface area contributed by atoms with E-state index in [-0.39, 0.29) is 30.4 Å². The van der Waals surface area contributed by atoms with Gasteiger partial charge in [-0.25, -0.2) is 22.5 Å². The van der Waals surface area contributed by atoms with Crippen LogP contribution in [0.3, 0.4) is 0 Å². The van der Waals surface area contributed by atoms with Crippen LogP contribution in [0.5, 0.6) is 0 Å². The van der Waals surface area contributed by atoms with Crippen molar-refractivity contribution >= 4 is 21.8 Å². The van der Waals surface area contributed by atoms with Crippen LogP contribution in [0.4, 0.5) is 4.39 Å². The van der Waals surface area contributed by atoms with Gasteiger partial charge in [0.15, 0.2) is 5.78 Å². The highest BCUT2D eigenvalue weighted by Gasteiger charge is 2.48. The molecule has 3 rings (SSSR count). The summed E-state index contributed by atoms with van der Waals surface area (Å²) in [6.45, 7) is 4.41. The number of sulfonamides is 1. The predicted molar refractivity (Wildman–Crippen MR) is 115 cm³/mol. The molecule has 0 radical (unpaired) electrons. The van der Waals surface area contributed by atoms with Gasteiger partial charge in [-0.15, -0.1) is 0 Å². The second-order valence-electron chi connectivity index (χ2n) is 7.89. The molecule has 1 aliphatic heterocycles. The monoisotopic (exact) mass is 448 g/mol. The van der Waals surface area contributed by atoms with Crippen LogP contribution in [0.1, 0.15) is 60.0 Å². The topological polar surface area (TPSA) is 105 Å². The van der Waals surface area contributed by atoms with Gasteiger partial charge in [-0.2, -0.15) is 0 Å². The van der Waals surface area contributed by atoms with Crippen LogP contribution in [-0.2, 0) is 14.8 Å². The standard InChI is InChI=1S/C22H25FN2O5S/c1-14(27)15-8-10-16(11-9-15)20-22(2,3)30-21(25-31(20,28)29)24-19(12-13-26)17-6-4-5-7-18(17)23/h4-11,19-20,26H,12-13H2,1-3H3,(H,24,25). The van der Waals surface area contributed by atoms with Gasteiger partial charge in [-0.05, 0) is 38.8 Å². The van der Waals surface area contributed by atoms with Crippen LogP contribution in [0.2, 0.25) is 0 Å². The number of aliphatic hydroxyl groups excluding tert-OH is 1. The van der Waals surface area contributed by atoms with Gasteiger partial charge in [0.25, 0.3) is 6.02 Å². The molecule has 1 heterocycles. The van der Waals surface area contributed by atoms with E-state index in [9.17, 15) is 22.7 Å². The largest absolute Gasteiger partial charge is 0.457 e. The number of nitrogens with one attached hydrogen (secondary N) is 1. The first-order valence-electron chi connectivity index (χ1n) is 9.80. The number of nitrogens with zero attached hydrogens (tertiary/aromatic N) is 1. The van der Waals surface area contributed by atoms with Crippen LogP contribution < -0.4 is 4.72 Å². The Morgan fingerprint density at radius 1 is 1.23 bits per heavy atom. The molecule has 7 nitrogen and oxygen atoms in total. The number of hydrogen-bond acceptors (Lipinski definition) is 6. The van der Waals surface area contributed by atoms with Crippen molar-refractivity contribution in [2.75, 3.05) is 6.61 Å². The van der Waals surface area contributed by atoms with Gasteiger partial charge < -0.3 is 9.84 Å². The molecule has 1 saturated heterocycles. The number of aliphatic hydroxyl groups is 1. The van der Waals surface area contributed by atoms with Crippen molar-refractivity contribution in [3.05, 3.63) is 71.0 Å². The summed E-state index contributed by atoms with van der Waals surface area (Å²) in [5.41, 5.74) is -0.0450. The lowest BCUT2D eigenvalue weighted by Crippen LogP contribution is -2.53. The summed E-state index contributed by atoms with van der Waals surface area (Å²) >= 11 is 0. The van der Waals surface area contributed by atoms with Gasteiger partial charge in [0.2, 0.25) is 10.0 Å². The van der Waals surface area contributed by atoms with Gasteiger partial charge >= 0.3 is 0 Å². The number of halogens is 1. The molecule has 0 aliphatic carbocycles. The average Bonchev–Trinajstić information content (AvgIpc) is 2.66. The number of aliphatic imine (C=N–C) groups is 1. The zero-order valence-electron chi connectivity index (χ0n) is 17.5. The molecule has 2 unspecified atom stereocenters. The van der Waals surface area contributed by atoms with E-state index in [1.807, 2.05) is 0 Å². The third kappa shape index (κ3) is 4.94. The SMILES string of the molecule is CC(=O)c1ccc(C2C(C)(C)OC(=NC(CCO)c3ccccc3F)NS2(=O)=O)cc1. The van der Waals surface area contributed by atoms with Crippen molar-refractivity contribution in [1.82, 2.24) is 4.72 Å². The van der Waals surface area contributed by atoms with E-state index in [4.69, 9.17) is 4.74 Å². The first kappa shape index (κ1) is 22.9. The number of ether oxygens (including phenoxy) is 1. The van der Waals surface area contributed by atoms with Crippen molar-refractivity contribution in [3.8, 4) is 0 Å². The normalized spacial score (nSPS) is 21.7. The molecule has 0 amide bonds. The first-order valence-corrected chi connectivity index (χ1v) is 11.3. The molecule has 0 saturated carbocycles. The zero-order valence-corrected chi connectivity index (χ0v) is 18.3. The highest BCUT2D eigenvalue weighted by Crippen LogP contribution is 2.39. The molecular formula is C22H25FN2O5S. The highest BCUT2D eigenvalue weighted by atomic mass is 32.2. The van der Waals surface area contributed by atoms with E-state index in [2.05, 4.69) is 9.71 Å². The summed E-state index contributed by atoms with van der Waals surface area (Å²) in [6.07, 6.45) is 0.0892. The lowest BCUT2D eigenvalue weighted by Gasteiger charge is -2.39. The van der Waals surface area contributed by atoms with E-state index in [1.54, 1.807) is 44.2 Å². The lowest BCUT2D eigenvalue weighted by molar-refractivity contribution is 0.0758.